The maximum Gasteiger partial charge on any atom is 0.161 e. The van der Waals surface area contributed by atoms with E-state index in [2.05, 4.69) is 29.6 Å². The molecule has 7 heteroatoms. The molecule has 108 valence electrons. The first-order valence-corrected chi connectivity index (χ1v) is 7.03. The van der Waals surface area contributed by atoms with Gasteiger partial charge in [0.25, 0.3) is 0 Å². The van der Waals surface area contributed by atoms with E-state index >= 15 is 0 Å². The van der Waals surface area contributed by atoms with Crippen LogP contribution in [0.2, 0.25) is 10.0 Å². The number of aromatic nitrogens is 1. The minimum atomic E-state index is -0.446. The molecule has 0 aliphatic rings. The first-order chi connectivity index (χ1) is 9.03. The fourth-order valence-corrected chi connectivity index (χ4v) is 2.37. The van der Waals surface area contributed by atoms with Crippen molar-refractivity contribution in [1.29, 1.82) is 0 Å². The zero-order valence-corrected chi connectivity index (χ0v) is 12.6. The summed E-state index contributed by atoms with van der Waals surface area (Å²) in [7, 11) is 0. The summed E-state index contributed by atoms with van der Waals surface area (Å²) in [5.41, 5.74) is 2.39. The van der Waals surface area contributed by atoms with Crippen LogP contribution in [0, 0.1) is 5.92 Å². The molecule has 0 amide bonds. The number of nitrogens with two attached hydrogens (primary N) is 1. The molecule has 0 aliphatic carbocycles. The van der Waals surface area contributed by atoms with Crippen molar-refractivity contribution in [2.24, 2.45) is 11.8 Å². The van der Waals surface area contributed by atoms with Crippen LogP contribution in [0.3, 0.4) is 0 Å². The van der Waals surface area contributed by atoms with Crippen LogP contribution >= 0.6 is 23.2 Å². The van der Waals surface area contributed by atoms with Crippen LogP contribution in [-0.2, 0) is 0 Å². The van der Waals surface area contributed by atoms with Gasteiger partial charge >= 0.3 is 0 Å². The van der Waals surface area contributed by atoms with Crippen molar-refractivity contribution in [3.8, 4) is 0 Å². The highest BCUT2D eigenvalue weighted by Gasteiger charge is 2.16. The summed E-state index contributed by atoms with van der Waals surface area (Å²) in [5.74, 6) is 6.34. The average Bonchev–Trinajstić information content (AvgIpc) is 2.39. The first kappa shape index (κ1) is 16.3. The quantitative estimate of drug-likeness (QED) is 0.460. The van der Waals surface area contributed by atoms with Crippen molar-refractivity contribution in [1.82, 2.24) is 4.98 Å². The largest absolute Gasteiger partial charge is 0.391 e. The average molecular weight is 307 g/mol. The van der Waals surface area contributed by atoms with Crippen LogP contribution in [0.1, 0.15) is 26.7 Å². The van der Waals surface area contributed by atoms with Crippen LogP contribution in [0.15, 0.2) is 6.07 Å². The minimum absolute atomic E-state index is 0.255. The Hall–Kier alpha value is -0.750. The van der Waals surface area contributed by atoms with Gasteiger partial charge in [-0.1, -0.05) is 49.9 Å². The van der Waals surface area contributed by atoms with Crippen LogP contribution in [0.5, 0.6) is 0 Å². The van der Waals surface area contributed by atoms with Gasteiger partial charge in [-0.25, -0.2) is 10.8 Å². The van der Waals surface area contributed by atoms with Crippen molar-refractivity contribution >= 4 is 34.8 Å². The Kier molecular flexibility index (Phi) is 6.65. The number of nitrogens with zero attached hydrogens (tertiary/aromatic N) is 1. The smallest absolute Gasteiger partial charge is 0.161 e. The molecule has 0 bridgehead atoms. The molecule has 5 N–H and O–H groups in total. The van der Waals surface area contributed by atoms with Crippen LogP contribution in [0.4, 0.5) is 11.6 Å². The number of anilines is 2. The topological polar surface area (TPSA) is 83.2 Å². The van der Waals surface area contributed by atoms with Crippen molar-refractivity contribution in [2.75, 3.05) is 17.3 Å². The number of rotatable bonds is 7. The second-order valence-corrected chi connectivity index (χ2v) is 5.13. The first-order valence-electron chi connectivity index (χ1n) is 6.28. The van der Waals surface area contributed by atoms with E-state index in [-0.39, 0.29) is 5.92 Å². The van der Waals surface area contributed by atoms with Gasteiger partial charge in [-0.3, -0.25) is 0 Å². The van der Waals surface area contributed by atoms with E-state index in [9.17, 15) is 5.11 Å². The number of halogens is 2. The monoisotopic (exact) mass is 306 g/mol. The highest BCUT2D eigenvalue weighted by molar-refractivity contribution is 6.37. The predicted octanol–water partition coefficient (Wildman–Crippen LogP) is 2.88. The second-order valence-electron chi connectivity index (χ2n) is 4.32. The SMILES string of the molecule is CCC(CC)C(O)CNc1nc(NN)c(Cl)cc1Cl. The Balaban J connectivity index is 2.72. The third-order valence-electron chi connectivity index (χ3n) is 3.14. The fraction of sp³-hybridized carbons (Fsp3) is 0.583. The third kappa shape index (κ3) is 4.38. The number of pyridine rings is 1. The van der Waals surface area contributed by atoms with Crippen molar-refractivity contribution in [3.63, 3.8) is 0 Å². The van der Waals surface area contributed by atoms with Gasteiger partial charge in [-0.2, -0.15) is 0 Å². The lowest BCUT2D eigenvalue weighted by Gasteiger charge is -2.21. The Morgan fingerprint density at radius 3 is 2.37 bits per heavy atom. The molecule has 19 heavy (non-hydrogen) atoms. The van der Waals surface area contributed by atoms with Crippen LogP contribution in [-0.4, -0.2) is 22.7 Å². The molecule has 1 heterocycles. The number of aliphatic hydroxyl groups excluding tert-OH is 1. The summed E-state index contributed by atoms with van der Waals surface area (Å²) in [5, 5.41) is 13.8. The highest BCUT2D eigenvalue weighted by atomic mass is 35.5. The molecule has 1 rings (SSSR count). The zero-order chi connectivity index (χ0) is 14.4. The van der Waals surface area contributed by atoms with Gasteiger partial charge < -0.3 is 15.8 Å². The van der Waals surface area contributed by atoms with E-state index in [1.165, 1.54) is 0 Å². The molecule has 0 aromatic carbocycles. The number of hydrogen-bond donors (Lipinski definition) is 4. The number of nitrogen functional groups attached to an aromatic ring is 1. The van der Waals surface area contributed by atoms with Gasteiger partial charge in [0, 0.05) is 6.54 Å². The lowest BCUT2D eigenvalue weighted by atomic mass is 9.97. The molecule has 0 aliphatic heterocycles. The Morgan fingerprint density at radius 2 is 1.84 bits per heavy atom. The molecule has 0 saturated heterocycles. The highest BCUT2D eigenvalue weighted by Crippen LogP contribution is 2.28. The van der Waals surface area contributed by atoms with E-state index in [0.29, 0.717) is 28.2 Å². The van der Waals surface area contributed by atoms with Crippen molar-refractivity contribution in [3.05, 3.63) is 16.1 Å². The number of aliphatic hydroxyl groups is 1. The molecule has 1 aromatic heterocycles. The predicted molar refractivity (Wildman–Crippen MR) is 80.6 cm³/mol. The summed E-state index contributed by atoms with van der Waals surface area (Å²) in [6.45, 7) is 4.49. The van der Waals surface area contributed by atoms with Gasteiger partial charge in [0.1, 0.15) is 5.82 Å². The van der Waals surface area contributed by atoms with Crippen molar-refractivity contribution < 1.29 is 5.11 Å². The molecule has 5 nitrogen and oxygen atoms in total. The molecule has 1 atom stereocenters. The molecule has 1 unspecified atom stereocenters. The summed E-state index contributed by atoms with van der Waals surface area (Å²) >= 11 is 11.9. The summed E-state index contributed by atoms with van der Waals surface area (Å²) < 4.78 is 0. The van der Waals surface area contributed by atoms with E-state index in [4.69, 9.17) is 29.0 Å². The molecular weight excluding hydrogens is 287 g/mol. The molecule has 0 fully saturated rings. The van der Waals surface area contributed by atoms with Crippen molar-refractivity contribution in [2.45, 2.75) is 32.8 Å². The van der Waals surface area contributed by atoms with Crippen LogP contribution in [0.25, 0.3) is 0 Å². The number of nitrogens with one attached hydrogen (secondary N) is 2. The lowest BCUT2D eigenvalue weighted by molar-refractivity contribution is 0.114. The number of hydrogen-bond acceptors (Lipinski definition) is 5. The molecule has 0 saturated carbocycles. The van der Waals surface area contributed by atoms with E-state index in [1.807, 2.05) is 0 Å². The Bertz CT molecular complexity index is 413. The third-order valence-corrected chi connectivity index (χ3v) is 3.71. The lowest BCUT2D eigenvalue weighted by Crippen LogP contribution is -2.28. The molecule has 0 spiro atoms. The molecular formula is C12H20Cl2N4O. The molecule has 1 aromatic rings. The summed E-state index contributed by atoms with van der Waals surface area (Å²) in [6.07, 6.45) is 1.41. The van der Waals surface area contributed by atoms with E-state index in [0.717, 1.165) is 12.8 Å². The maximum absolute atomic E-state index is 10.0. The molecule has 0 radical (unpaired) electrons. The normalized spacial score (nSPS) is 12.6. The maximum atomic E-state index is 10.0. The summed E-state index contributed by atoms with van der Waals surface area (Å²) in [6, 6.07) is 1.55. The van der Waals surface area contributed by atoms with Gasteiger partial charge in [0.05, 0.1) is 16.1 Å². The van der Waals surface area contributed by atoms with Gasteiger partial charge in [0.2, 0.25) is 0 Å². The standard InChI is InChI=1S/C12H20Cl2N4O/c1-3-7(4-2)10(19)6-16-11-8(13)5-9(14)12(17-11)18-15/h5,7,10,19H,3-4,6,15H2,1-2H3,(H2,16,17,18). The van der Waals surface area contributed by atoms with Gasteiger partial charge in [-0.15, -0.1) is 0 Å². The fourth-order valence-electron chi connectivity index (χ4n) is 1.89. The number of hydrazine groups is 1. The van der Waals surface area contributed by atoms with E-state index < -0.39 is 6.10 Å². The van der Waals surface area contributed by atoms with E-state index in [1.54, 1.807) is 6.07 Å². The Labute approximate surface area is 123 Å². The van der Waals surface area contributed by atoms with Gasteiger partial charge in [-0.05, 0) is 12.0 Å². The second kappa shape index (κ2) is 7.75. The van der Waals surface area contributed by atoms with Crippen LogP contribution < -0.4 is 16.6 Å². The Morgan fingerprint density at radius 1 is 1.26 bits per heavy atom. The van der Waals surface area contributed by atoms with Gasteiger partial charge in [0.15, 0.2) is 5.82 Å². The minimum Gasteiger partial charge on any atom is -0.391 e. The zero-order valence-electron chi connectivity index (χ0n) is 11.1. The summed E-state index contributed by atoms with van der Waals surface area (Å²) in [4.78, 5) is 4.15.